The second-order valence-electron chi connectivity index (χ2n) is 16.8. The standard InChI is InChI=1S/C43H54F3N9O5/c1-25(2)55-24-43(45,46)41(59)53(4)35-22-47-42(51-38(35)55)49-33-13-6-28(21-36(33)60-5)39(57)48-29-8-10-30(11-9-29)52(3)23-26-16-18-54(19-17-26)34-14-7-27(20-32(34)44)31-12-15-37(56)50-40(31)58/h6-7,13-14,20-22,25-26,29-31H,8-12,15-19,23-24H2,1-5H3,(H,48,57)(H,47,49,51)(H,50,56,58)/t29-,30-,31?. The van der Waals surface area contributed by atoms with Gasteiger partial charge in [0.1, 0.15) is 17.3 Å². The normalized spacial score (nSPS) is 22.4. The monoisotopic (exact) mass is 833 g/mol. The lowest BCUT2D eigenvalue weighted by atomic mass is 9.88. The van der Waals surface area contributed by atoms with E-state index in [0.717, 1.165) is 63.1 Å². The van der Waals surface area contributed by atoms with Gasteiger partial charge in [0.25, 0.3) is 11.8 Å². The fourth-order valence-electron chi connectivity index (χ4n) is 8.92. The molecule has 3 aromatic rings. The van der Waals surface area contributed by atoms with E-state index in [-0.39, 0.29) is 59.5 Å². The lowest BCUT2D eigenvalue weighted by Gasteiger charge is -2.39. The minimum atomic E-state index is -3.60. The van der Waals surface area contributed by atoms with Crippen LogP contribution in [0, 0.1) is 11.7 Å². The molecule has 4 heterocycles. The first kappa shape index (κ1) is 42.7. The number of imide groups is 1. The van der Waals surface area contributed by atoms with Crippen molar-refractivity contribution in [3.63, 3.8) is 0 Å². The van der Waals surface area contributed by atoms with Crippen molar-refractivity contribution in [1.82, 2.24) is 25.5 Å². The van der Waals surface area contributed by atoms with Gasteiger partial charge in [-0.2, -0.15) is 13.8 Å². The smallest absolute Gasteiger partial charge is 0.342 e. The maximum absolute atomic E-state index is 15.3. The van der Waals surface area contributed by atoms with Crippen molar-refractivity contribution < 1.29 is 37.1 Å². The Hall–Kier alpha value is -5.45. The van der Waals surface area contributed by atoms with E-state index in [0.29, 0.717) is 46.6 Å². The van der Waals surface area contributed by atoms with E-state index < -0.39 is 24.3 Å². The summed E-state index contributed by atoms with van der Waals surface area (Å²) in [6, 6.07) is 10.0. The van der Waals surface area contributed by atoms with Gasteiger partial charge >= 0.3 is 5.92 Å². The summed E-state index contributed by atoms with van der Waals surface area (Å²) in [6.45, 7) is 5.12. The molecule has 60 heavy (non-hydrogen) atoms. The van der Waals surface area contributed by atoms with E-state index in [1.807, 2.05) is 0 Å². The molecular formula is C43H54F3N9O5. The molecule has 4 amide bonds. The number of rotatable bonds is 11. The molecule has 1 unspecified atom stereocenters. The summed E-state index contributed by atoms with van der Waals surface area (Å²) in [5, 5.41) is 8.62. The second kappa shape index (κ2) is 17.6. The zero-order valence-corrected chi connectivity index (χ0v) is 34.8. The van der Waals surface area contributed by atoms with Crippen LogP contribution in [-0.4, -0.2) is 110 Å². The molecule has 7 rings (SSSR count). The number of alkyl halides is 2. The summed E-state index contributed by atoms with van der Waals surface area (Å²) in [7, 11) is 4.93. The fourth-order valence-corrected chi connectivity index (χ4v) is 8.92. The number of hydrogen-bond acceptors (Lipinski definition) is 11. The Bertz CT molecular complexity index is 2110. The molecule has 0 bridgehead atoms. The highest BCUT2D eigenvalue weighted by atomic mass is 19.3. The molecule has 17 heteroatoms. The first-order chi connectivity index (χ1) is 28.6. The van der Waals surface area contributed by atoms with Gasteiger partial charge in [0.05, 0.1) is 37.1 Å². The summed E-state index contributed by atoms with van der Waals surface area (Å²) in [5.41, 5.74) is 2.20. The van der Waals surface area contributed by atoms with Crippen LogP contribution < -0.4 is 35.4 Å². The van der Waals surface area contributed by atoms with Crippen LogP contribution in [0.2, 0.25) is 0 Å². The number of anilines is 5. The number of nitrogens with zero attached hydrogens (tertiary/aromatic N) is 6. The van der Waals surface area contributed by atoms with Crippen molar-refractivity contribution in [1.29, 1.82) is 0 Å². The third kappa shape index (κ3) is 9.15. The third-order valence-electron chi connectivity index (χ3n) is 12.5. The molecule has 322 valence electrons. The molecule has 3 N–H and O–H groups in total. The van der Waals surface area contributed by atoms with Gasteiger partial charge in [0.2, 0.25) is 17.8 Å². The van der Waals surface area contributed by atoms with Crippen molar-refractivity contribution in [2.75, 3.05) is 67.4 Å². The van der Waals surface area contributed by atoms with E-state index in [4.69, 9.17) is 4.74 Å². The lowest BCUT2D eigenvalue weighted by Crippen LogP contribution is -2.47. The minimum Gasteiger partial charge on any atom is -0.495 e. The topological polar surface area (TPSA) is 152 Å². The van der Waals surface area contributed by atoms with Crippen LogP contribution >= 0.6 is 0 Å². The molecule has 0 spiro atoms. The zero-order valence-electron chi connectivity index (χ0n) is 34.8. The Morgan fingerprint density at radius 1 is 1.02 bits per heavy atom. The van der Waals surface area contributed by atoms with Crippen LogP contribution in [0.1, 0.15) is 87.1 Å². The van der Waals surface area contributed by atoms with Crippen LogP contribution in [-0.2, 0) is 14.4 Å². The average molecular weight is 834 g/mol. The number of nitrogens with one attached hydrogen (secondary N) is 3. The number of carbonyl (C=O) groups excluding carboxylic acids is 4. The molecule has 0 radical (unpaired) electrons. The van der Waals surface area contributed by atoms with Crippen molar-refractivity contribution in [3.8, 4) is 5.75 Å². The SMILES string of the molecule is COc1cc(C(=O)N[C@H]2CC[C@H](N(C)CC3CCN(c4ccc(C5CCC(=O)NC5=O)cc4F)CC3)CC2)ccc1Nc1ncc2c(n1)N(C(C)C)CC(F)(F)C(=O)N2C. The van der Waals surface area contributed by atoms with Gasteiger partial charge in [0.15, 0.2) is 5.82 Å². The van der Waals surface area contributed by atoms with Crippen molar-refractivity contribution >= 4 is 52.5 Å². The van der Waals surface area contributed by atoms with E-state index in [2.05, 4.69) is 42.8 Å². The van der Waals surface area contributed by atoms with Gasteiger partial charge in [-0.15, -0.1) is 0 Å². The number of amides is 4. The van der Waals surface area contributed by atoms with Gasteiger partial charge in [0, 0.05) is 56.8 Å². The Labute approximate surface area is 348 Å². The molecule has 1 aromatic heterocycles. The largest absolute Gasteiger partial charge is 0.495 e. The van der Waals surface area contributed by atoms with Gasteiger partial charge in [-0.3, -0.25) is 24.5 Å². The summed E-state index contributed by atoms with van der Waals surface area (Å²) in [5.74, 6) is -5.50. The number of halogens is 3. The van der Waals surface area contributed by atoms with Gasteiger partial charge in [-0.05, 0) is 108 Å². The molecule has 14 nitrogen and oxygen atoms in total. The molecular weight excluding hydrogens is 780 g/mol. The molecule has 4 aliphatic rings. The van der Waals surface area contributed by atoms with Crippen molar-refractivity contribution in [2.45, 2.75) is 95.2 Å². The highest BCUT2D eigenvalue weighted by Crippen LogP contribution is 2.38. The number of aromatic nitrogens is 2. The Morgan fingerprint density at radius 2 is 1.75 bits per heavy atom. The molecule has 2 aromatic carbocycles. The van der Waals surface area contributed by atoms with Crippen LogP contribution in [0.25, 0.3) is 0 Å². The Morgan fingerprint density at radius 3 is 2.42 bits per heavy atom. The molecule has 1 saturated carbocycles. The number of ether oxygens (including phenoxy) is 1. The maximum Gasteiger partial charge on any atom is 0.342 e. The van der Waals surface area contributed by atoms with Gasteiger partial charge < -0.3 is 35.0 Å². The molecule has 3 fully saturated rings. The first-order valence-corrected chi connectivity index (χ1v) is 20.8. The van der Waals surface area contributed by atoms with Gasteiger partial charge in [-0.25, -0.2) is 9.37 Å². The van der Waals surface area contributed by atoms with Crippen LogP contribution in [0.3, 0.4) is 0 Å². The quantitative estimate of drug-likeness (QED) is 0.207. The predicted octanol–water partition coefficient (Wildman–Crippen LogP) is 5.60. The predicted molar refractivity (Wildman–Crippen MR) is 222 cm³/mol. The zero-order chi connectivity index (χ0) is 42.9. The van der Waals surface area contributed by atoms with E-state index >= 15 is 4.39 Å². The number of fused-ring (bicyclic) bond motifs is 1. The van der Waals surface area contributed by atoms with Crippen molar-refractivity contribution in [3.05, 3.63) is 59.5 Å². The Balaban J connectivity index is 0.883. The number of piperidine rings is 2. The highest BCUT2D eigenvalue weighted by Gasteiger charge is 2.48. The fraction of sp³-hybridized carbons (Fsp3) is 0.535. The van der Waals surface area contributed by atoms with Gasteiger partial charge in [-0.1, -0.05) is 6.07 Å². The lowest BCUT2D eigenvalue weighted by molar-refractivity contribution is -0.140. The third-order valence-corrected chi connectivity index (χ3v) is 12.5. The molecule has 3 aliphatic heterocycles. The first-order valence-electron chi connectivity index (χ1n) is 20.8. The summed E-state index contributed by atoms with van der Waals surface area (Å²) in [6.07, 6.45) is 7.47. The number of methoxy groups -OCH3 is 1. The van der Waals surface area contributed by atoms with Crippen LogP contribution in [0.15, 0.2) is 42.6 Å². The molecule has 2 saturated heterocycles. The number of hydrogen-bond donors (Lipinski definition) is 3. The van der Waals surface area contributed by atoms with E-state index in [1.165, 1.54) is 31.3 Å². The molecule has 1 atom stereocenters. The van der Waals surface area contributed by atoms with E-state index in [9.17, 15) is 28.0 Å². The van der Waals surface area contributed by atoms with Crippen LogP contribution in [0.4, 0.5) is 42.0 Å². The average Bonchev–Trinajstić information content (AvgIpc) is 3.29. The molecule has 1 aliphatic carbocycles. The minimum absolute atomic E-state index is 0.0275. The summed E-state index contributed by atoms with van der Waals surface area (Å²) in [4.78, 5) is 65.3. The summed E-state index contributed by atoms with van der Waals surface area (Å²) >= 11 is 0. The summed E-state index contributed by atoms with van der Waals surface area (Å²) < 4.78 is 50.4. The maximum atomic E-state index is 15.3. The second-order valence-corrected chi connectivity index (χ2v) is 16.8. The number of carbonyl (C=O) groups is 4. The van der Waals surface area contributed by atoms with E-state index in [1.54, 1.807) is 44.2 Å². The number of benzene rings is 2. The van der Waals surface area contributed by atoms with Crippen LogP contribution in [0.5, 0.6) is 5.75 Å². The Kier molecular flexibility index (Phi) is 12.5. The highest BCUT2D eigenvalue weighted by molar-refractivity contribution is 6.02. The van der Waals surface area contributed by atoms with Crippen molar-refractivity contribution in [2.24, 2.45) is 5.92 Å².